The molecular formula is C25H32N6O3. The normalized spacial score (nSPS) is 17.9. The molecule has 0 spiro atoms. The van der Waals surface area contributed by atoms with E-state index in [0.717, 1.165) is 61.5 Å². The van der Waals surface area contributed by atoms with Crippen LogP contribution in [0.5, 0.6) is 5.75 Å². The molecule has 1 fully saturated rings. The number of H-pyrrole nitrogens is 1. The fourth-order valence-corrected chi connectivity index (χ4v) is 4.71. The summed E-state index contributed by atoms with van der Waals surface area (Å²) in [6.07, 6.45) is 2.58. The molecule has 1 saturated heterocycles. The Hall–Kier alpha value is -3.17. The number of aromatic amines is 1. The van der Waals surface area contributed by atoms with Gasteiger partial charge in [-0.2, -0.15) is 0 Å². The molecule has 0 bridgehead atoms. The zero-order valence-corrected chi connectivity index (χ0v) is 20.1. The summed E-state index contributed by atoms with van der Waals surface area (Å²) in [5, 5.41) is 3.97. The maximum Gasteiger partial charge on any atom is 0.260 e. The van der Waals surface area contributed by atoms with E-state index in [0.29, 0.717) is 35.8 Å². The van der Waals surface area contributed by atoms with Crippen molar-refractivity contribution in [3.05, 3.63) is 51.4 Å². The number of hydrogen-bond acceptors (Lipinski definition) is 8. The molecule has 2 aliphatic heterocycles. The van der Waals surface area contributed by atoms with Crippen molar-refractivity contribution in [3.8, 4) is 5.75 Å². The number of rotatable bonds is 7. The van der Waals surface area contributed by atoms with E-state index in [9.17, 15) is 4.79 Å². The van der Waals surface area contributed by atoms with Gasteiger partial charge >= 0.3 is 0 Å². The summed E-state index contributed by atoms with van der Waals surface area (Å²) in [7, 11) is 5.74. The molecule has 0 aliphatic carbocycles. The maximum absolute atomic E-state index is 13.2. The Morgan fingerprint density at radius 2 is 2.18 bits per heavy atom. The molecule has 3 aromatic rings. The number of hydrogen-bond donors (Lipinski definition) is 2. The molecule has 9 nitrogen and oxygen atoms in total. The number of benzene rings is 1. The van der Waals surface area contributed by atoms with Gasteiger partial charge in [-0.25, -0.2) is 9.97 Å². The van der Waals surface area contributed by atoms with Crippen LogP contribution in [0.4, 0.5) is 11.8 Å². The summed E-state index contributed by atoms with van der Waals surface area (Å²) in [5.41, 5.74) is 3.59. The van der Waals surface area contributed by atoms with E-state index in [2.05, 4.69) is 40.3 Å². The quantitative estimate of drug-likeness (QED) is 0.551. The van der Waals surface area contributed by atoms with Gasteiger partial charge in [-0.3, -0.25) is 9.78 Å². The van der Waals surface area contributed by atoms with Crippen LogP contribution in [0, 0.1) is 0 Å². The van der Waals surface area contributed by atoms with Crippen LogP contribution in [0.3, 0.4) is 0 Å². The first-order chi connectivity index (χ1) is 16.5. The van der Waals surface area contributed by atoms with Crippen molar-refractivity contribution >= 4 is 22.7 Å². The van der Waals surface area contributed by atoms with E-state index < -0.39 is 0 Å². The number of ether oxygens (including phenoxy) is 2. The largest absolute Gasteiger partial charge is 0.497 e. The third-order valence-corrected chi connectivity index (χ3v) is 6.53. The second-order valence-electron chi connectivity index (χ2n) is 9.21. The van der Waals surface area contributed by atoms with E-state index in [1.165, 1.54) is 0 Å². The van der Waals surface area contributed by atoms with Gasteiger partial charge < -0.3 is 24.6 Å². The Labute approximate surface area is 199 Å². The third kappa shape index (κ3) is 4.58. The molecule has 1 unspecified atom stereocenters. The average Bonchev–Trinajstić information content (AvgIpc) is 3.37. The number of aromatic nitrogens is 3. The summed E-state index contributed by atoms with van der Waals surface area (Å²) in [4.78, 5) is 30.1. The Balaban J connectivity index is 1.41. The topological polar surface area (TPSA) is 95.6 Å². The van der Waals surface area contributed by atoms with Crippen LogP contribution in [0.15, 0.2) is 29.1 Å². The number of methoxy groups -OCH3 is 1. The number of anilines is 2. The molecule has 2 aliphatic rings. The van der Waals surface area contributed by atoms with Crippen LogP contribution in [-0.2, 0) is 17.7 Å². The third-order valence-electron chi connectivity index (χ3n) is 6.53. The summed E-state index contributed by atoms with van der Waals surface area (Å²) in [5.74, 6) is 2.16. The van der Waals surface area contributed by atoms with Gasteiger partial charge in [-0.05, 0) is 50.2 Å². The summed E-state index contributed by atoms with van der Waals surface area (Å²) >= 11 is 0. The van der Waals surface area contributed by atoms with E-state index in [4.69, 9.17) is 19.4 Å². The summed E-state index contributed by atoms with van der Waals surface area (Å²) in [6, 6.07) is 7.87. The van der Waals surface area contributed by atoms with Gasteiger partial charge in [-0.15, -0.1) is 0 Å². The summed E-state index contributed by atoms with van der Waals surface area (Å²) in [6.45, 7) is 3.90. The molecule has 0 amide bonds. The van der Waals surface area contributed by atoms with Gasteiger partial charge in [0, 0.05) is 51.0 Å². The van der Waals surface area contributed by atoms with Gasteiger partial charge in [0.15, 0.2) is 0 Å². The lowest BCUT2D eigenvalue weighted by Crippen LogP contribution is -2.34. The van der Waals surface area contributed by atoms with E-state index >= 15 is 0 Å². The van der Waals surface area contributed by atoms with E-state index in [1.54, 1.807) is 7.11 Å². The highest BCUT2D eigenvalue weighted by Crippen LogP contribution is 2.35. The Morgan fingerprint density at radius 1 is 1.29 bits per heavy atom. The molecule has 0 radical (unpaired) electrons. The lowest BCUT2D eigenvalue weighted by molar-refractivity contribution is 0.113. The van der Waals surface area contributed by atoms with Crippen molar-refractivity contribution in [2.75, 3.05) is 57.7 Å². The molecule has 9 heteroatoms. The van der Waals surface area contributed by atoms with Crippen molar-refractivity contribution in [2.45, 2.75) is 31.9 Å². The smallest absolute Gasteiger partial charge is 0.260 e. The predicted octanol–water partition coefficient (Wildman–Crippen LogP) is 2.71. The molecule has 2 N–H and O–H groups in total. The van der Waals surface area contributed by atoms with Crippen LogP contribution in [0.25, 0.3) is 10.9 Å². The maximum atomic E-state index is 13.2. The first-order valence-corrected chi connectivity index (χ1v) is 11.9. The average molecular weight is 465 g/mol. The number of pyridine rings is 1. The van der Waals surface area contributed by atoms with Gasteiger partial charge in [0.05, 0.1) is 24.1 Å². The van der Waals surface area contributed by atoms with Crippen molar-refractivity contribution in [1.29, 1.82) is 0 Å². The molecule has 1 atom stereocenters. The highest BCUT2D eigenvalue weighted by atomic mass is 16.5. The second-order valence-corrected chi connectivity index (χ2v) is 9.21. The number of nitrogens with zero attached hydrogens (tertiary/aromatic N) is 4. The minimum Gasteiger partial charge on any atom is -0.497 e. The van der Waals surface area contributed by atoms with Crippen LogP contribution in [0.1, 0.15) is 35.8 Å². The molecule has 1 aromatic carbocycles. The lowest BCUT2D eigenvalue weighted by atomic mass is 10.0. The van der Waals surface area contributed by atoms with Gasteiger partial charge in [0.1, 0.15) is 11.6 Å². The van der Waals surface area contributed by atoms with E-state index in [1.807, 2.05) is 18.2 Å². The zero-order valence-electron chi connectivity index (χ0n) is 20.1. The Morgan fingerprint density at radius 3 is 2.94 bits per heavy atom. The Bertz CT molecular complexity index is 1240. The van der Waals surface area contributed by atoms with Crippen molar-refractivity contribution in [1.82, 2.24) is 19.9 Å². The molecule has 34 heavy (non-hydrogen) atoms. The van der Waals surface area contributed by atoms with Crippen LogP contribution in [0.2, 0.25) is 0 Å². The van der Waals surface area contributed by atoms with Crippen LogP contribution >= 0.6 is 0 Å². The van der Waals surface area contributed by atoms with Crippen molar-refractivity contribution in [3.63, 3.8) is 0 Å². The summed E-state index contributed by atoms with van der Waals surface area (Å²) < 4.78 is 11.4. The highest BCUT2D eigenvalue weighted by Gasteiger charge is 2.25. The molecule has 5 rings (SSSR count). The van der Waals surface area contributed by atoms with Gasteiger partial charge in [-0.1, -0.05) is 6.07 Å². The minimum absolute atomic E-state index is 0.0974. The number of nitrogens with one attached hydrogen (secondary N) is 2. The standard InChI is InChI=1S/C25H32N6O3/c1-30(2)11-9-26-22-7-6-16-15-31(10-8-19(16)27-22)25-28-20-14-17(33-3)13-18(21-5-4-12-34-21)23(20)24(32)29-25/h6-7,13-14,21H,4-5,8-12,15H2,1-3H3,(H,26,27)(H,28,29,32). The molecular weight excluding hydrogens is 432 g/mol. The molecule has 0 saturated carbocycles. The zero-order chi connectivity index (χ0) is 23.7. The predicted molar refractivity (Wildman–Crippen MR) is 133 cm³/mol. The molecule has 180 valence electrons. The van der Waals surface area contributed by atoms with E-state index in [-0.39, 0.29) is 11.7 Å². The van der Waals surface area contributed by atoms with Gasteiger partial charge in [0.2, 0.25) is 5.95 Å². The van der Waals surface area contributed by atoms with Crippen molar-refractivity contribution < 1.29 is 9.47 Å². The first kappa shape index (κ1) is 22.6. The molecule has 2 aromatic heterocycles. The first-order valence-electron chi connectivity index (χ1n) is 11.9. The monoisotopic (exact) mass is 464 g/mol. The highest BCUT2D eigenvalue weighted by molar-refractivity contribution is 5.84. The number of fused-ring (bicyclic) bond motifs is 2. The fraction of sp³-hybridized carbons (Fsp3) is 0.480. The lowest BCUT2D eigenvalue weighted by Gasteiger charge is -2.29. The number of likely N-dealkylation sites (N-methyl/N-ethyl adjacent to an activating group) is 1. The second kappa shape index (κ2) is 9.60. The van der Waals surface area contributed by atoms with Crippen molar-refractivity contribution in [2.24, 2.45) is 0 Å². The van der Waals surface area contributed by atoms with Crippen LogP contribution < -0.4 is 20.5 Å². The van der Waals surface area contributed by atoms with Crippen LogP contribution in [-0.4, -0.2) is 67.3 Å². The minimum atomic E-state index is -0.141. The fourth-order valence-electron chi connectivity index (χ4n) is 4.71. The Kier molecular flexibility index (Phi) is 6.38. The molecule has 4 heterocycles. The SMILES string of the molecule is COc1cc(C2CCCO2)c2c(=O)[nH]c(N3CCc4nc(NCCN(C)C)ccc4C3)nc2c1. The van der Waals surface area contributed by atoms with Gasteiger partial charge in [0.25, 0.3) is 5.56 Å².